The van der Waals surface area contributed by atoms with Crippen LogP contribution in [0.5, 0.6) is 5.75 Å². The van der Waals surface area contributed by atoms with Gasteiger partial charge in [-0.05, 0) is 31.0 Å². The van der Waals surface area contributed by atoms with Gasteiger partial charge >= 0.3 is 0 Å². The van der Waals surface area contributed by atoms with E-state index >= 15 is 0 Å². The Morgan fingerprint density at radius 3 is 2.40 bits per heavy atom. The quantitative estimate of drug-likeness (QED) is 0.727. The number of rotatable bonds is 6. The number of aliphatic hydroxyl groups is 1. The molecule has 0 radical (unpaired) electrons. The minimum Gasteiger partial charge on any atom is -0.494 e. The highest BCUT2D eigenvalue weighted by Crippen LogP contribution is 2.17. The average molecular weight is 208 g/mol. The van der Waals surface area contributed by atoms with Gasteiger partial charge in [0.15, 0.2) is 0 Å². The highest BCUT2D eigenvalue weighted by atomic mass is 16.5. The average Bonchev–Trinajstić information content (AvgIpc) is 2.25. The smallest absolute Gasteiger partial charge is 0.119 e. The van der Waals surface area contributed by atoms with Crippen molar-refractivity contribution in [1.29, 1.82) is 0 Å². The van der Waals surface area contributed by atoms with Crippen molar-refractivity contribution >= 4 is 0 Å². The van der Waals surface area contributed by atoms with Crippen molar-refractivity contribution in [1.82, 2.24) is 0 Å². The first kappa shape index (κ1) is 12.1. The SMILES string of the molecule is CCCCCOc1ccc(C(C)O)cc1. The van der Waals surface area contributed by atoms with Crippen molar-refractivity contribution in [3.05, 3.63) is 29.8 Å². The van der Waals surface area contributed by atoms with Crippen LogP contribution in [0.2, 0.25) is 0 Å². The number of benzene rings is 1. The molecule has 1 rings (SSSR count). The first-order chi connectivity index (χ1) is 7.24. The van der Waals surface area contributed by atoms with Crippen LogP contribution >= 0.6 is 0 Å². The highest BCUT2D eigenvalue weighted by Gasteiger charge is 2.00. The number of ether oxygens (including phenoxy) is 1. The van der Waals surface area contributed by atoms with E-state index in [9.17, 15) is 5.11 Å². The van der Waals surface area contributed by atoms with Crippen LogP contribution in [0.15, 0.2) is 24.3 Å². The van der Waals surface area contributed by atoms with Gasteiger partial charge in [-0.25, -0.2) is 0 Å². The maximum Gasteiger partial charge on any atom is 0.119 e. The van der Waals surface area contributed by atoms with Gasteiger partial charge < -0.3 is 9.84 Å². The molecule has 0 spiro atoms. The lowest BCUT2D eigenvalue weighted by Crippen LogP contribution is -1.97. The fourth-order valence-electron chi connectivity index (χ4n) is 1.38. The zero-order chi connectivity index (χ0) is 11.1. The zero-order valence-corrected chi connectivity index (χ0v) is 9.57. The molecular weight excluding hydrogens is 188 g/mol. The van der Waals surface area contributed by atoms with E-state index in [0.29, 0.717) is 0 Å². The molecule has 2 nitrogen and oxygen atoms in total. The first-order valence-corrected chi connectivity index (χ1v) is 5.65. The van der Waals surface area contributed by atoms with E-state index in [1.165, 1.54) is 12.8 Å². The number of hydrogen-bond donors (Lipinski definition) is 1. The molecular formula is C13H20O2. The summed E-state index contributed by atoms with van der Waals surface area (Å²) in [6.07, 6.45) is 3.13. The van der Waals surface area contributed by atoms with Crippen LogP contribution in [0.4, 0.5) is 0 Å². The van der Waals surface area contributed by atoms with Crippen LogP contribution in [0.1, 0.15) is 44.8 Å². The van der Waals surface area contributed by atoms with Gasteiger partial charge in [-0.15, -0.1) is 0 Å². The standard InChI is InChI=1S/C13H20O2/c1-3-4-5-10-15-13-8-6-12(7-9-13)11(2)14/h6-9,11,14H,3-5,10H2,1-2H3. The lowest BCUT2D eigenvalue weighted by atomic mass is 10.1. The van der Waals surface area contributed by atoms with Crippen LogP contribution in [0, 0.1) is 0 Å². The Morgan fingerprint density at radius 2 is 1.87 bits per heavy atom. The summed E-state index contributed by atoms with van der Waals surface area (Å²) in [7, 11) is 0. The molecule has 0 aliphatic carbocycles. The lowest BCUT2D eigenvalue weighted by molar-refractivity contribution is 0.199. The van der Waals surface area contributed by atoms with Gasteiger partial charge in [-0.3, -0.25) is 0 Å². The van der Waals surface area contributed by atoms with E-state index < -0.39 is 6.10 Å². The molecule has 0 fully saturated rings. The van der Waals surface area contributed by atoms with E-state index in [2.05, 4.69) is 6.92 Å². The molecule has 1 N–H and O–H groups in total. The minimum absolute atomic E-state index is 0.404. The third-order valence-corrected chi connectivity index (χ3v) is 2.38. The summed E-state index contributed by atoms with van der Waals surface area (Å²) in [5, 5.41) is 9.32. The van der Waals surface area contributed by atoms with Gasteiger partial charge in [0.1, 0.15) is 5.75 Å². The van der Waals surface area contributed by atoms with Crippen LogP contribution in [-0.2, 0) is 0 Å². The van der Waals surface area contributed by atoms with Crippen LogP contribution in [0.25, 0.3) is 0 Å². The second-order valence-corrected chi connectivity index (χ2v) is 3.80. The monoisotopic (exact) mass is 208 g/mol. The van der Waals surface area contributed by atoms with Crippen LogP contribution < -0.4 is 4.74 Å². The fraction of sp³-hybridized carbons (Fsp3) is 0.538. The first-order valence-electron chi connectivity index (χ1n) is 5.65. The summed E-state index contributed by atoms with van der Waals surface area (Å²) in [5.41, 5.74) is 0.927. The molecule has 84 valence electrons. The van der Waals surface area contributed by atoms with Gasteiger partial charge in [-0.1, -0.05) is 31.9 Å². The maximum absolute atomic E-state index is 9.32. The van der Waals surface area contributed by atoms with E-state index in [-0.39, 0.29) is 0 Å². The summed E-state index contributed by atoms with van der Waals surface area (Å²) in [5.74, 6) is 0.885. The Kier molecular flexibility index (Phi) is 5.19. The van der Waals surface area contributed by atoms with Crippen LogP contribution in [0.3, 0.4) is 0 Å². The fourth-order valence-corrected chi connectivity index (χ4v) is 1.38. The number of unbranched alkanes of at least 4 members (excludes halogenated alkanes) is 2. The maximum atomic E-state index is 9.32. The summed E-state index contributed by atoms with van der Waals surface area (Å²) >= 11 is 0. The second kappa shape index (κ2) is 6.46. The minimum atomic E-state index is -0.404. The van der Waals surface area contributed by atoms with E-state index in [0.717, 1.165) is 24.3 Å². The van der Waals surface area contributed by atoms with Crippen molar-refractivity contribution in [2.24, 2.45) is 0 Å². The molecule has 0 bridgehead atoms. The predicted molar refractivity (Wildman–Crippen MR) is 62.1 cm³/mol. The molecule has 0 aliphatic rings. The van der Waals surface area contributed by atoms with E-state index in [1.807, 2.05) is 24.3 Å². The molecule has 1 unspecified atom stereocenters. The predicted octanol–water partition coefficient (Wildman–Crippen LogP) is 3.31. The summed E-state index contributed by atoms with van der Waals surface area (Å²) in [4.78, 5) is 0. The van der Waals surface area contributed by atoms with Crippen molar-refractivity contribution in [3.8, 4) is 5.75 Å². The van der Waals surface area contributed by atoms with Gasteiger partial charge in [0.2, 0.25) is 0 Å². The third-order valence-electron chi connectivity index (χ3n) is 2.38. The summed E-state index contributed by atoms with van der Waals surface area (Å²) in [6.45, 7) is 4.72. The van der Waals surface area contributed by atoms with Crippen molar-refractivity contribution in [3.63, 3.8) is 0 Å². The van der Waals surface area contributed by atoms with Gasteiger partial charge in [0, 0.05) is 0 Å². The molecule has 0 aliphatic heterocycles. The van der Waals surface area contributed by atoms with Crippen molar-refractivity contribution in [2.45, 2.75) is 39.2 Å². The molecule has 0 heterocycles. The molecule has 0 saturated carbocycles. The van der Waals surface area contributed by atoms with Crippen LogP contribution in [-0.4, -0.2) is 11.7 Å². The number of hydrogen-bond acceptors (Lipinski definition) is 2. The summed E-state index contributed by atoms with van der Waals surface area (Å²) < 4.78 is 5.56. The molecule has 0 aromatic heterocycles. The Bertz CT molecular complexity index is 264. The molecule has 1 aromatic rings. The molecule has 1 aromatic carbocycles. The normalized spacial score (nSPS) is 12.5. The highest BCUT2D eigenvalue weighted by molar-refractivity contribution is 5.28. The molecule has 1 atom stereocenters. The third kappa shape index (κ3) is 4.34. The van der Waals surface area contributed by atoms with E-state index in [1.54, 1.807) is 6.92 Å². The summed E-state index contributed by atoms with van der Waals surface area (Å²) in [6, 6.07) is 7.63. The molecule has 0 amide bonds. The topological polar surface area (TPSA) is 29.5 Å². The molecule has 2 heteroatoms. The van der Waals surface area contributed by atoms with Gasteiger partial charge in [-0.2, -0.15) is 0 Å². The largest absolute Gasteiger partial charge is 0.494 e. The van der Waals surface area contributed by atoms with Crippen molar-refractivity contribution < 1.29 is 9.84 Å². The van der Waals surface area contributed by atoms with E-state index in [4.69, 9.17) is 4.74 Å². The number of aliphatic hydroxyl groups excluding tert-OH is 1. The Hall–Kier alpha value is -1.02. The Morgan fingerprint density at radius 1 is 1.20 bits per heavy atom. The Balaban J connectivity index is 2.36. The zero-order valence-electron chi connectivity index (χ0n) is 9.57. The van der Waals surface area contributed by atoms with Gasteiger partial charge in [0.05, 0.1) is 12.7 Å². The molecule has 15 heavy (non-hydrogen) atoms. The lowest BCUT2D eigenvalue weighted by Gasteiger charge is -2.08. The molecule has 0 saturated heterocycles. The Labute approximate surface area is 91.9 Å². The second-order valence-electron chi connectivity index (χ2n) is 3.80. The van der Waals surface area contributed by atoms with Crippen molar-refractivity contribution in [2.75, 3.05) is 6.61 Å². The van der Waals surface area contributed by atoms with Gasteiger partial charge in [0.25, 0.3) is 0 Å².